The second kappa shape index (κ2) is 6.02. The van der Waals surface area contributed by atoms with Crippen molar-refractivity contribution >= 4 is 16.8 Å². The Balaban J connectivity index is 2.28. The molecule has 0 atom stereocenters. The number of carbonyl (C=O) groups excluding carboxylic acids is 1. The van der Waals surface area contributed by atoms with E-state index in [9.17, 15) is 9.59 Å². The predicted octanol–water partition coefficient (Wildman–Crippen LogP) is 2.20. The molecule has 1 aromatic carbocycles. The van der Waals surface area contributed by atoms with E-state index < -0.39 is 11.3 Å². The minimum atomic E-state index is -0.808. The van der Waals surface area contributed by atoms with Crippen LogP contribution in [0, 0.1) is 0 Å². The van der Waals surface area contributed by atoms with E-state index in [0.717, 1.165) is 16.6 Å². The Morgan fingerprint density at radius 2 is 1.96 bits per heavy atom. The largest absolute Gasteiger partial charge is 0.347 e. The molecule has 0 aliphatic carbocycles. The van der Waals surface area contributed by atoms with Crippen molar-refractivity contribution in [3.05, 3.63) is 64.7 Å². The summed E-state index contributed by atoms with van der Waals surface area (Å²) >= 11 is 0. The first kappa shape index (κ1) is 14.9. The number of hydrogen-bond donors (Lipinski definition) is 2. The van der Waals surface area contributed by atoms with Gasteiger partial charge >= 0.3 is 0 Å². The molecule has 116 valence electrons. The first-order valence-corrected chi connectivity index (χ1v) is 7.17. The topological polar surface area (TPSA) is 84.2 Å². The second-order valence-electron chi connectivity index (χ2n) is 5.07. The van der Waals surface area contributed by atoms with Gasteiger partial charge in [-0.3, -0.25) is 19.8 Å². The highest BCUT2D eigenvalue weighted by atomic mass is 16.5. The number of nitrogens with one attached hydrogen (secondary N) is 1. The van der Waals surface area contributed by atoms with Gasteiger partial charge in [0.25, 0.3) is 5.91 Å². The fraction of sp³-hybridized carbons (Fsp3) is 0.118. The molecule has 2 aromatic heterocycles. The van der Waals surface area contributed by atoms with Crippen LogP contribution in [0.1, 0.15) is 17.3 Å². The molecule has 1 amide bonds. The fourth-order valence-electron chi connectivity index (χ4n) is 2.60. The zero-order valence-corrected chi connectivity index (χ0v) is 12.5. The van der Waals surface area contributed by atoms with Crippen LogP contribution < -0.4 is 10.9 Å². The molecule has 0 radical (unpaired) electrons. The van der Waals surface area contributed by atoms with E-state index in [2.05, 4.69) is 4.98 Å². The number of rotatable bonds is 3. The van der Waals surface area contributed by atoms with Crippen molar-refractivity contribution in [2.45, 2.75) is 13.5 Å². The quantitative estimate of drug-likeness (QED) is 0.574. The number of hydroxylamine groups is 1. The van der Waals surface area contributed by atoms with Crippen LogP contribution in [0.3, 0.4) is 0 Å². The van der Waals surface area contributed by atoms with E-state index in [-0.39, 0.29) is 5.56 Å². The fourth-order valence-corrected chi connectivity index (χ4v) is 2.60. The van der Waals surface area contributed by atoms with E-state index in [1.165, 1.54) is 11.7 Å². The maximum absolute atomic E-state index is 12.4. The molecule has 2 N–H and O–H groups in total. The zero-order valence-electron chi connectivity index (χ0n) is 12.5. The van der Waals surface area contributed by atoms with Crippen molar-refractivity contribution in [2.75, 3.05) is 0 Å². The van der Waals surface area contributed by atoms with Gasteiger partial charge in [-0.25, -0.2) is 5.48 Å². The van der Waals surface area contributed by atoms with Gasteiger partial charge in [0.15, 0.2) is 0 Å². The van der Waals surface area contributed by atoms with Crippen LogP contribution in [-0.2, 0) is 6.54 Å². The minimum Gasteiger partial charge on any atom is -0.347 e. The van der Waals surface area contributed by atoms with Crippen molar-refractivity contribution in [1.82, 2.24) is 15.0 Å². The van der Waals surface area contributed by atoms with E-state index in [1.807, 2.05) is 35.8 Å². The summed E-state index contributed by atoms with van der Waals surface area (Å²) < 4.78 is 1.81. The van der Waals surface area contributed by atoms with Crippen LogP contribution in [0.15, 0.2) is 53.7 Å². The van der Waals surface area contributed by atoms with Gasteiger partial charge in [0, 0.05) is 30.5 Å². The third-order valence-electron chi connectivity index (χ3n) is 3.78. The molecular formula is C17H15N3O3. The lowest BCUT2D eigenvalue weighted by Crippen LogP contribution is -2.27. The number of fused-ring (bicyclic) bond motifs is 1. The number of amides is 1. The highest BCUT2D eigenvalue weighted by Crippen LogP contribution is 2.23. The van der Waals surface area contributed by atoms with Crippen LogP contribution in [0.5, 0.6) is 0 Å². The van der Waals surface area contributed by atoms with Crippen molar-refractivity contribution in [3.63, 3.8) is 0 Å². The smallest absolute Gasteiger partial charge is 0.280 e. The van der Waals surface area contributed by atoms with Crippen LogP contribution >= 0.6 is 0 Å². The summed E-state index contributed by atoms with van der Waals surface area (Å²) in [6.07, 6.45) is 4.88. The van der Waals surface area contributed by atoms with E-state index >= 15 is 0 Å². The van der Waals surface area contributed by atoms with Gasteiger partial charge in [-0.15, -0.1) is 0 Å². The predicted molar refractivity (Wildman–Crippen MR) is 86.4 cm³/mol. The maximum atomic E-state index is 12.4. The Morgan fingerprint density at radius 1 is 1.22 bits per heavy atom. The molecule has 0 saturated heterocycles. The molecular weight excluding hydrogens is 294 g/mol. The van der Waals surface area contributed by atoms with Gasteiger partial charge in [0.05, 0.1) is 5.52 Å². The van der Waals surface area contributed by atoms with Crippen LogP contribution in [0.4, 0.5) is 0 Å². The lowest BCUT2D eigenvalue weighted by Gasteiger charge is -2.12. The molecule has 0 unspecified atom stereocenters. The Hall–Kier alpha value is -2.99. The Kier molecular flexibility index (Phi) is 3.91. The standard InChI is InChI=1S/C17H15N3O3/c1-2-20-10-14(17(22)19-23)16(21)13-4-3-12(9-15(13)20)11-5-7-18-8-6-11/h3-10,23H,2H2,1H3,(H,19,22). The van der Waals surface area contributed by atoms with Crippen molar-refractivity contribution < 1.29 is 10.0 Å². The molecule has 0 bridgehead atoms. The molecule has 0 aliphatic heterocycles. The molecule has 2 heterocycles. The van der Waals surface area contributed by atoms with Gasteiger partial charge in [-0.1, -0.05) is 6.07 Å². The molecule has 6 nitrogen and oxygen atoms in total. The minimum absolute atomic E-state index is 0.0847. The number of pyridine rings is 2. The summed E-state index contributed by atoms with van der Waals surface area (Å²) in [6, 6.07) is 9.23. The third kappa shape index (κ3) is 2.60. The summed E-state index contributed by atoms with van der Waals surface area (Å²) in [7, 11) is 0. The molecule has 0 spiro atoms. The van der Waals surface area contributed by atoms with Gasteiger partial charge in [-0.05, 0) is 42.3 Å². The molecule has 3 aromatic rings. The summed E-state index contributed by atoms with van der Waals surface area (Å²) in [5.74, 6) is -0.808. The van der Waals surface area contributed by atoms with Crippen LogP contribution in [-0.4, -0.2) is 20.7 Å². The normalized spacial score (nSPS) is 10.7. The van der Waals surface area contributed by atoms with Crippen molar-refractivity contribution in [2.24, 2.45) is 0 Å². The van der Waals surface area contributed by atoms with Gasteiger partial charge in [-0.2, -0.15) is 0 Å². The number of aryl methyl sites for hydroxylation is 1. The average molecular weight is 309 g/mol. The zero-order chi connectivity index (χ0) is 16.4. The Morgan fingerprint density at radius 3 is 2.61 bits per heavy atom. The molecule has 0 fully saturated rings. The number of hydrogen-bond acceptors (Lipinski definition) is 4. The number of benzene rings is 1. The first-order valence-electron chi connectivity index (χ1n) is 7.17. The van der Waals surface area contributed by atoms with E-state index in [1.54, 1.807) is 18.5 Å². The summed E-state index contributed by atoms with van der Waals surface area (Å²) in [5.41, 5.74) is 3.72. The van der Waals surface area contributed by atoms with Crippen molar-refractivity contribution in [1.29, 1.82) is 0 Å². The number of aromatic nitrogens is 2. The van der Waals surface area contributed by atoms with Gasteiger partial charge < -0.3 is 4.57 Å². The second-order valence-corrected chi connectivity index (χ2v) is 5.07. The summed E-state index contributed by atoms with van der Waals surface area (Å²) in [4.78, 5) is 28.1. The van der Waals surface area contributed by atoms with Crippen molar-refractivity contribution in [3.8, 4) is 11.1 Å². The van der Waals surface area contributed by atoms with Crippen LogP contribution in [0.25, 0.3) is 22.0 Å². The monoisotopic (exact) mass is 309 g/mol. The number of nitrogens with zero attached hydrogens (tertiary/aromatic N) is 2. The third-order valence-corrected chi connectivity index (χ3v) is 3.78. The molecule has 6 heteroatoms. The maximum Gasteiger partial charge on any atom is 0.280 e. The van der Waals surface area contributed by atoms with Gasteiger partial charge in [0.2, 0.25) is 5.43 Å². The summed E-state index contributed by atoms with van der Waals surface area (Å²) in [5, 5.41) is 9.22. The molecule has 0 saturated carbocycles. The first-order chi connectivity index (χ1) is 11.2. The molecule has 3 rings (SSSR count). The van der Waals surface area contributed by atoms with E-state index in [4.69, 9.17) is 5.21 Å². The Bertz CT molecular complexity index is 933. The molecule has 0 aliphatic rings. The highest BCUT2D eigenvalue weighted by molar-refractivity contribution is 5.97. The summed E-state index contributed by atoms with van der Waals surface area (Å²) in [6.45, 7) is 2.51. The number of carbonyl (C=O) groups is 1. The lowest BCUT2D eigenvalue weighted by atomic mass is 10.0. The Labute approximate surface area is 132 Å². The van der Waals surface area contributed by atoms with E-state index in [0.29, 0.717) is 11.9 Å². The average Bonchev–Trinajstić information content (AvgIpc) is 2.62. The SMILES string of the molecule is CCn1cc(C(=O)NO)c(=O)c2ccc(-c3ccncc3)cc21. The highest BCUT2D eigenvalue weighted by Gasteiger charge is 2.15. The van der Waals surface area contributed by atoms with Gasteiger partial charge in [0.1, 0.15) is 5.56 Å². The lowest BCUT2D eigenvalue weighted by molar-refractivity contribution is 0.0704. The van der Waals surface area contributed by atoms with Crippen LogP contribution in [0.2, 0.25) is 0 Å². The molecule has 23 heavy (non-hydrogen) atoms.